The van der Waals surface area contributed by atoms with Crippen molar-refractivity contribution in [1.29, 1.82) is 0 Å². The van der Waals surface area contributed by atoms with Gasteiger partial charge in [0.15, 0.2) is 0 Å². The van der Waals surface area contributed by atoms with E-state index in [2.05, 4.69) is 46.7 Å². The maximum atomic E-state index is 13.1. The molecule has 2 aliphatic rings. The van der Waals surface area contributed by atoms with Crippen LogP contribution in [0.3, 0.4) is 0 Å². The number of carbonyl (C=O) groups excluding carboxylic acids is 1. The molecule has 29 heavy (non-hydrogen) atoms. The van der Waals surface area contributed by atoms with Crippen molar-refractivity contribution in [2.75, 3.05) is 49.6 Å². The van der Waals surface area contributed by atoms with Gasteiger partial charge < -0.3 is 14.7 Å². The maximum Gasteiger partial charge on any atom is 0.230 e. The molecule has 0 N–H and O–H groups in total. The van der Waals surface area contributed by atoms with Gasteiger partial charge in [-0.15, -0.1) is 0 Å². The van der Waals surface area contributed by atoms with Crippen molar-refractivity contribution < 1.29 is 4.79 Å². The average molecular weight is 394 g/mol. The van der Waals surface area contributed by atoms with E-state index >= 15 is 0 Å². The number of rotatable bonds is 5. The van der Waals surface area contributed by atoms with Gasteiger partial charge in [0.05, 0.1) is 23.3 Å². The summed E-state index contributed by atoms with van der Waals surface area (Å²) in [7, 11) is 2.16. The minimum Gasteiger partial charge on any atom is -0.367 e. The molecular weight excluding hydrogens is 362 g/mol. The summed E-state index contributed by atoms with van der Waals surface area (Å²) in [4.78, 5) is 29.0. The van der Waals surface area contributed by atoms with Crippen molar-refractivity contribution in [2.24, 2.45) is 5.92 Å². The number of piperazine rings is 1. The fraction of sp³-hybridized carbons (Fsp3) is 0.522. The zero-order valence-corrected chi connectivity index (χ0v) is 17.7. The molecule has 0 aliphatic carbocycles. The number of nitrogens with zero attached hydrogens (tertiary/aromatic N) is 5. The van der Waals surface area contributed by atoms with Gasteiger partial charge in [-0.05, 0) is 43.7 Å². The van der Waals surface area contributed by atoms with Crippen LogP contribution in [0.4, 0.5) is 11.4 Å². The van der Waals surface area contributed by atoms with Crippen LogP contribution in [0.15, 0.2) is 36.7 Å². The Bertz CT molecular complexity index is 843. The molecule has 0 saturated carbocycles. The van der Waals surface area contributed by atoms with Crippen LogP contribution in [0, 0.1) is 5.92 Å². The summed E-state index contributed by atoms with van der Waals surface area (Å²) in [6.45, 7) is 9.14. The van der Waals surface area contributed by atoms with Gasteiger partial charge in [-0.25, -0.2) is 0 Å². The lowest BCUT2D eigenvalue weighted by atomic mass is 10.00. The zero-order chi connectivity index (χ0) is 20.4. The molecule has 6 heteroatoms. The first-order valence-electron chi connectivity index (χ1n) is 10.7. The van der Waals surface area contributed by atoms with E-state index in [1.807, 2.05) is 35.5 Å². The molecule has 2 aliphatic heterocycles. The van der Waals surface area contributed by atoms with Crippen LogP contribution in [0.1, 0.15) is 37.6 Å². The molecule has 4 heterocycles. The van der Waals surface area contributed by atoms with E-state index in [-0.39, 0.29) is 11.8 Å². The van der Waals surface area contributed by atoms with Crippen molar-refractivity contribution in [3.05, 3.63) is 48.0 Å². The number of pyridine rings is 2. The number of hydrogen-bond acceptors (Lipinski definition) is 5. The second kappa shape index (κ2) is 8.49. The topological polar surface area (TPSA) is 52.6 Å². The summed E-state index contributed by atoms with van der Waals surface area (Å²) >= 11 is 0. The van der Waals surface area contributed by atoms with Gasteiger partial charge in [-0.3, -0.25) is 14.8 Å². The molecule has 1 atom stereocenters. The molecule has 154 valence electrons. The second-order valence-corrected chi connectivity index (χ2v) is 8.54. The van der Waals surface area contributed by atoms with E-state index in [1.165, 1.54) is 5.69 Å². The Balaban J connectivity index is 1.46. The van der Waals surface area contributed by atoms with Crippen LogP contribution in [0.2, 0.25) is 0 Å². The third-order valence-corrected chi connectivity index (χ3v) is 6.14. The molecule has 4 rings (SSSR count). The lowest BCUT2D eigenvalue weighted by Gasteiger charge is -2.35. The summed E-state index contributed by atoms with van der Waals surface area (Å²) < 4.78 is 0. The predicted octanol–water partition coefficient (Wildman–Crippen LogP) is 2.95. The molecule has 2 aromatic rings. The smallest absolute Gasteiger partial charge is 0.230 e. The highest BCUT2D eigenvalue weighted by Gasteiger charge is 2.34. The van der Waals surface area contributed by atoms with E-state index in [1.54, 1.807) is 0 Å². The summed E-state index contributed by atoms with van der Waals surface area (Å²) in [6.07, 6.45) is 5.26. The van der Waals surface area contributed by atoms with E-state index in [0.29, 0.717) is 12.3 Å². The van der Waals surface area contributed by atoms with Gasteiger partial charge in [0.25, 0.3) is 0 Å². The van der Waals surface area contributed by atoms with Gasteiger partial charge in [0.2, 0.25) is 5.91 Å². The number of amides is 1. The van der Waals surface area contributed by atoms with Crippen molar-refractivity contribution in [3.8, 4) is 0 Å². The molecule has 1 unspecified atom stereocenters. The van der Waals surface area contributed by atoms with Gasteiger partial charge in [-0.1, -0.05) is 13.8 Å². The lowest BCUT2D eigenvalue weighted by molar-refractivity contribution is -0.120. The minimum absolute atomic E-state index is 0.0131. The minimum atomic E-state index is -0.0131. The third-order valence-electron chi connectivity index (χ3n) is 6.14. The van der Waals surface area contributed by atoms with Crippen molar-refractivity contribution in [2.45, 2.75) is 32.6 Å². The maximum absolute atomic E-state index is 13.1. The first kappa shape index (κ1) is 19.8. The van der Waals surface area contributed by atoms with Crippen LogP contribution in [-0.4, -0.2) is 60.5 Å². The molecule has 2 aromatic heterocycles. The molecule has 1 amide bonds. The van der Waals surface area contributed by atoms with E-state index in [0.717, 1.165) is 56.2 Å². The van der Waals surface area contributed by atoms with Crippen molar-refractivity contribution in [3.63, 3.8) is 0 Å². The highest BCUT2D eigenvalue weighted by molar-refractivity contribution is 5.97. The Labute approximate surface area is 173 Å². The molecule has 0 bridgehead atoms. The summed E-state index contributed by atoms with van der Waals surface area (Å²) in [6, 6.07) is 8.21. The molecular formula is C23H31N5O. The molecule has 0 radical (unpaired) electrons. The Morgan fingerprint density at radius 3 is 2.55 bits per heavy atom. The highest BCUT2D eigenvalue weighted by atomic mass is 16.2. The van der Waals surface area contributed by atoms with Crippen LogP contribution in [0.5, 0.6) is 0 Å². The molecule has 2 saturated heterocycles. The molecule has 0 spiro atoms. The lowest BCUT2D eigenvalue weighted by Crippen LogP contribution is -2.45. The standard InChI is InChI=1S/C23H31N5O/c1-17(2)20-7-6-19(16-25-20)28-10-8-18(23(28)29)15-21-22(5-4-9-24-21)27-13-11-26(3)12-14-27/h4-7,9,16-18H,8,10-15H2,1-3H3. The first-order chi connectivity index (χ1) is 14.0. The van der Waals surface area contributed by atoms with E-state index in [9.17, 15) is 4.79 Å². The third kappa shape index (κ3) is 4.27. The van der Waals surface area contributed by atoms with Crippen molar-refractivity contribution >= 4 is 17.3 Å². The summed E-state index contributed by atoms with van der Waals surface area (Å²) in [5.74, 6) is 0.572. The fourth-order valence-corrected chi connectivity index (χ4v) is 4.24. The first-order valence-corrected chi connectivity index (χ1v) is 10.7. The Kier molecular flexibility index (Phi) is 5.81. The number of hydrogen-bond donors (Lipinski definition) is 0. The van der Waals surface area contributed by atoms with Crippen LogP contribution in [-0.2, 0) is 11.2 Å². The Hall–Kier alpha value is -2.47. The second-order valence-electron chi connectivity index (χ2n) is 8.54. The Morgan fingerprint density at radius 2 is 1.86 bits per heavy atom. The average Bonchev–Trinajstić information content (AvgIpc) is 3.09. The van der Waals surface area contributed by atoms with Gasteiger partial charge in [0, 0.05) is 57.0 Å². The predicted molar refractivity (Wildman–Crippen MR) is 116 cm³/mol. The molecule has 2 fully saturated rings. The summed E-state index contributed by atoms with van der Waals surface area (Å²) in [5.41, 5.74) is 4.20. The number of likely N-dealkylation sites (N-methyl/N-ethyl adjacent to an activating group) is 1. The number of anilines is 2. The number of aromatic nitrogens is 2. The zero-order valence-electron chi connectivity index (χ0n) is 17.7. The summed E-state index contributed by atoms with van der Waals surface area (Å²) in [5, 5.41) is 0. The van der Waals surface area contributed by atoms with Gasteiger partial charge >= 0.3 is 0 Å². The highest BCUT2D eigenvalue weighted by Crippen LogP contribution is 2.30. The van der Waals surface area contributed by atoms with Crippen LogP contribution in [0.25, 0.3) is 0 Å². The SMILES string of the molecule is CC(C)c1ccc(N2CCC(Cc3ncccc3N3CCN(C)CC3)C2=O)cn1. The molecule has 6 nitrogen and oxygen atoms in total. The number of carbonyl (C=O) groups is 1. The normalized spacial score (nSPS) is 20.7. The van der Waals surface area contributed by atoms with Crippen molar-refractivity contribution in [1.82, 2.24) is 14.9 Å². The Morgan fingerprint density at radius 1 is 1.07 bits per heavy atom. The molecule has 0 aromatic carbocycles. The van der Waals surface area contributed by atoms with Gasteiger partial charge in [-0.2, -0.15) is 0 Å². The van der Waals surface area contributed by atoms with Gasteiger partial charge in [0.1, 0.15) is 0 Å². The van der Waals surface area contributed by atoms with E-state index < -0.39 is 0 Å². The largest absolute Gasteiger partial charge is 0.367 e. The van der Waals surface area contributed by atoms with Crippen LogP contribution >= 0.6 is 0 Å². The van der Waals surface area contributed by atoms with Crippen LogP contribution < -0.4 is 9.80 Å². The monoisotopic (exact) mass is 393 g/mol. The fourth-order valence-electron chi connectivity index (χ4n) is 4.24. The van der Waals surface area contributed by atoms with E-state index in [4.69, 9.17) is 0 Å². The quantitative estimate of drug-likeness (QED) is 0.782.